The predicted molar refractivity (Wildman–Crippen MR) is 135 cm³/mol. The smallest absolute Gasteiger partial charge is 0.338 e. The van der Waals surface area contributed by atoms with Crippen LogP contribution in [0.2, 0.25) is 5.02 Å². The van der Waals surface area contributed by atoms with Crippen molar-refractivity contribution in [1.29, 1.82) is 0 Å². The monoisotopic (exact) mass is 519 g/mol. The third-order valence-electron chi connectivity index (χ3n) is 5.19. The number of pyridine rings is 1. The molecule has 1 aliphatic rings. The summed E-state index contributed by atoms with van der Waals surface area (Å²) in [5, 5.41) is 5.53. The van der Waals surface area contributed by atoms with Gasteiger partial charge in [0, 0.05) is 44.3 Å². The molecule has 0 radical (unpaired) electrons. The minimum absolute atomic E-state index is 0.0266. The molecule has 35 heavy (non-hydrogen) atoms. The van der Waals surface area contributed by atoms with Crippen molar-refractivity contribution in [1.82, 2.24) is 19.8 Å². The molecule has 4 rings (SSSR count). The van der Waals surface area contributed by atoms with Gasteiger partial charge in [-0.1, -0.05) is 31.5 Å². The van der Waals surface area contributed by atoms with Crippen molar-refractivity contribution in [2.75, 3.05) is 38.6 Å². The molecule has 1 saturated heterocycles. The Morgan fingerprint density at radius 3 is 2.60 bits per heavy atom. The highest BCUT2D eigenvalue weighted by Gasteiger charge is 2.25. The molecule has 11 heteroatoms. The van der Waals surface area contributed by atoms with Gasteiger partial charge in [-0.05, 0) is 24.3 Å². The van der Waals surface area contributed by atoms with Crippen molar-refractivity contribution in [2.45, 2.75) is 20.4 Å². The lowest BCUT2D eigenvalue weighted by atomic mass is 10.1. The van der Waals surface area contributed by atoms with Gasteiger partial charge in [0.2, 0.25) is 0 Å². The predicted octanol–water partition coefficient (Wildman–Crippen LogP) is 4.85. The van der Waals surface area contributed by atoms with Crippen molar-refractivity contribution < 1.29 is 18.7 Å². The summed E-state index contributed by atoms with van der Waals surface area (Å²) in [6.07, 6.45) is 1.67. The van der Waals surface area contributed by atoms with Gasteiger partial charge < -0.3 is 15.0 Å². The Balaban J connectivity index is 0.00000167. The number of hydrogen-bond acceptors (Lipinski definition) is 8. The second-order valence-electron chi connectivity index (χ2n) is 7.36. The summed E-state index contributed by atoms with van der Waals surface area (Å²) in [5.41, 5.74) is 1.03. The molecular formula is C24H27ClFN5O3S. The van der Waals surface area contributed by atoms with Gasteiger partial charge in [-0.15, -0.1) is 11.3 Å². The van der Waals surface area contributed by atoms with E-state index < -0.39 is 11.8 Å². The number of aromatic nitrogens is 2. The molecule has 0 aliphatic carbocycles. The molecule has 0 spiro atoms. The number of amides is 1. The average Bonchev–Trinajstić information content (AvgIpc) is 3.39. The number of nitrogens with one attached hydrogen (secondary N) is 1. The number of hydrogen-bond donors (Lipinski definition) is 1. The number of methoxy groups -OCH3 is 1. The standard InChI is InChI=1S/C22H21ClFN5O3S.C2H6/c1-32-21(31)14-11-15(26-18(12-14)27-22-25-5-10-33-22)13-28-6-8-29(9-7-28)20(30)16-3-2-4-17(23)19(16)24;1-2/h2-5,10-12H,6-9,13H2,1H3,(H,25,26,27);1-2H3. The summed E-state index contributed by atoms with van der Waals surface area (Å²) >= 11 is 7.23. The topological polar surface area (TPSA) is 87.7 Å². The summed E-state index contributed by atoms with van der Waals surface area (Å²) in [7, 11) is 1.33. The van der Waals surface area contributed by atoms with Crippen LogP contribution in [0, 0.1) is 5.82 Å². The highest BCUT2D eigenvalue weighted by Crippen LogP contribution is 2.22. The molecule has 0 unspecified atom stereocenters. The molecule has 0 saturated carbocycles. The maximum atomic E-state index is 14.2. The summed E-state index contributed by atoms with van der Waals surface area (Å²) in [6, 6.07) is 7.73. The van der Waals surface area contributed by atoms with Crippen LogP contribution >= 0.6 is 22.9 Å². The third kappa shape index (κ3) is 6.74. The minimum Gasteiger partial charge on any atom is -0.465 e. The van der Waals surface area contributed by atoms with Crippen LogP contribution in [0.1, 0.15) is 40.3 Å². The van der Waals surface area contributed by atoms with Crippen LogP contribution in [-0.4, -0.2) is 64.9 Å². The molecule has 1 aliphatic heterocycles. The van der Waals surface area contributed by atoms with Crippen molar-refractivity contribution >= 4 is 45.8 Å². The van der Waals surface area contributed by atoms with Crippen molar-refractivity contribution in [3.05, 3.63) is 69.6 Å². The molecule has 8 nitrogen and oxygen atoms in total. The molecule has 2 aromatic heterocycles. The van der Waals surface area contributed by atoms with Crippen LogP contribution in [-0.2, 0) is 11.3 Å². The summed E-state index contributed by atoms with van der Waals surface area (Å²) in [4.78, 5) is 37.4. The zero-order valence-corrected chi connectivity index (χ0v) is 21.3. The fraction of sp³-hybridized carbons (Fsp3) is 0.333. The van der Waals surface area contributed by atoms with E-state index in [1.54, 1.807) is 29.3 Å². The number of carbonyl (C=O) groups is 2. The minimum atomic E-state index is -0.698. The van der Waals surface area contributed by atoms with Crippen LogP contribution < -0.4 is 5.32 Å². The number of nitrogens with zero attached hydrogens (tertiary/aromatic N) is 4. The highest BCUT2D eigenvalue weighted by molar-refractivity contribution is 7.13. The Labute approximate surface area is 212 Å². The van der Waals surface area contributed by atoms with Gasteiger partial charge in [-0.2, -0.15) is 0 Å². The van der Waals surface area contributed by atoms with Crippen LogP contribution in [0.5, 0.6) is 0 Å². The molecule has 1 aromatic carbocycles. The Kier molecular flexibility index (Phi) is 9.53. The molecule has 1 fully saturated rings. The molecule has 3 heterocycles. The first-order valence-corrected chi connectivity index (χ1v) is 12.4. The third-order valence-corrected chi connectivity index (χ3v) is 6.17. The maximum Gasteiger partial charge on any atom is 0.338 e. The Morgan fingerprint density at radius 1 is 1.20 bits per heavy atom. The fourth-order valence-electron chi connectivity index (χ4n) is 3.54. The number of anilines is 2. The van der Waals surface area contributed by atoms with Gasteiger partial charge in [0.1, 0.15) is 5.82 Å². The first-order valence-electron chi connectivity index (χ1n) is 11.2. The largest absolute Gasteiger partial charge is 0.465 e. The van der Waals surface area contributed by atoms with Crippen LogP contribution in [0.15, 0.2) is 41.9 Å². The number of carbonyl (C=O) groups excluding carboxylic acids is 2. The van der Waals surface area contributed by atoms with Gasteiger partial charge in [-0.25, -0.2) is 19.2 Å². The van der Waals surface area contributed by atoms with E-state index in [0.29, 0.717) is 54.9 Å². The molecule has 0 atom stereocenters. The van der Waals surface area contributed by atoms with E-state index in [2.05, 4.69) is 20.2 Å². The van der Waals surface area contributed by atoms with Crippen LogP contribution in [0.3, 0.4) is 0 Å². The summed E-state index contributed by atoms with van der Waals surface area (Å²) < 4.78 is 19.1. The number of esters is 1. The number of ether oxygens (including phenoxy) is 1. The van der Waals surface area contributed by atoms with Crippen LogP contribution in [0.25, 0.3) is 0 Å². The van der Waals surface area contributed by atoms with Gasteiger partial charge >= 0.3 is 5.97 Å². The maximum absolute atomic E-state index is 14.2. The van der Waals surface area contributed by atoms with Crippen LogP contribution in [0.4, 0.5) is 15.3 Å². The van der Waals surface area contributed by atoms with E-state index in [1.807, 2.05) is 19.2 Å². The first kappa shape index (κ1) is 26.5. The van der Waals surface area contributed by atoms with Crippen molar-refractivity contribution in [2.24, 2.45) is 0 Å². The zero-order chi connectivity index (χ0) is 25.4. The molecular weight excluding hydrogens is 493 g/mol. The fourth-order valence-corrected chi connectivity index (χ4v) is 4.25. The molecule has 186 valence electrons. The normalized spacial score (nSPS) is 13.6. The SMILES string of the molecule is CC.COC(=O)c1cc(CN2CCN(C(=O)c3cccc(Cl)c3F)CC2)nc(Nc2nccs2)c1. The molecule has 1 N–H and O–H groups in total. The average molecular weight is 520 g/mol. The van der Waals surface area contributed by atoms with Gasteiger partial charge in [-0.3, -0.25) is 9.69 Å². The molecule has 0 bridgehead atoms. The second-order valence-corrected chi connectivity index (χ2v) is 8.66. The Morgan fingerprint density at radius 2 is 1.94 bits per heavy atom. The van der Waals surface area contributed by atoms with E-state index in [4.69, 9.17) is 16.3 Å². The molecule has 1 amide bonds. The van der Waals surface area contributed by atoms with E-state index >= 15 is 0 Å². The lowest BCUT2D eigenvalue weighted by Crippen LogP contribution is -2.48. The van der Waals surface area contributed by atoms with E-state index in [-0.39, 0.29) is 16.5 Å². The number of rotatable bonds is 6. The van der Waals surface area contributed by atoms with E-state index in [0.717, 1.165) is 0 Å². The van der Waals surface area contributed by atoms with Crippen molar-refractivity contribution in [3.8, 4) is 0 Å². The van der Waals surface area contributed by atoms with E-state index in [1.165, 1.54) is 30.6 Å². The first-order chi connectivity index (χ1) is 16.9. The lowest BCUT2D eigenvalue weighted by Gasteiger charge is -2.34. The van der Waals surface area contributed by atoms with Gasteiger partial charge in [0.05, 0.1) is 29.0 Å². The Hall–Kier alpha value is -3.08. The number of thiazole rings is 1. The van der Waals surface area contributed by atoms with Gasteiger partial charge in [0.15, 0.2) is 10.9 Å². The summed E-state index contributed by atoms with van der Waals surface area (Å²) in [5.74, 6) is -1.04. The highest BCUT2D eigenvalue weighted by atomic mass is 35.5. The zero-order valence-electron chi connectivity index (χ0n) is 19.8. The number of benzene rings is 1. The number of piperazine rings is 1. The molecule has 3 aromatic rings. The quantitative estimate of drug-likeness (QED) is 0.466. The second kappa shape index (κ2) is 12.6. The lowest BCUT2D eigenvalue weighted by molar-refractivity contribution is 0.0594. The van der Waals surface area contributed by atoms with Gasteiger partial charge in [0.25, 0.3) is 5.91 Å². The number of halogens is 2. The van der Waals surface area contributed by atoms with Crippen molar-refractivity contribution in [3.63, 3.8) is 0 Å². The Bertz CT molecular complexity index is 1150. The van der Waals surface area contributed by atoms with E-state index in [9.17, 15) is 14.0 Å². The summed E-state index contributed by atoms with van der Waals surface area (Å²) in [6.45, 7) is 6.50.